The molecule has 0 fully saturated rings. The molecule has 250 valence electrons. The highest BCUT2D eigenvalue weighted by atomic mass is 16.6. The number of unbranched alkanes of at least 4 members (excludes halogenated alkanes) is 10. The van der Waals surface area contributed by atoms with Gasteiger partial charge in [0.15, 0.2) is 6.10 Å². The molecule has 44 heavy (non-hydrogen) atoms. The second kappa shape index (κ2) is 34.8. The smallest absolute Gasteiger partial charge is 0.306 e. The number of carbonyl (C=O) groups excluding carboxylic acids is 2. The Morgan fingerprint density at radius 2 is 0.977 bits per heavy atom. The molecule has 5 nitrogen and oxygen atoms in total. The first-order valence-electron chi connectivity index (χ1n) is 17.5. The molecule has 0 aliphatic rings. The highest BCUT2D eigenvalue weighted by Crippen LogP contribution is 2.10. The molecule has 0 saturated carbocycles. The molecule has 0 aromatic heterocycles. The summed E-state index contributed by atoms with van der Waals surface area (Å²) in [5.41, 5.74) is 0. The minimum Gasteiger partial charge on any atom is -0.462 e. The van der Waals surface area contributed by atoms with Crippen LogP contribution in [0.4, 0.5) is 0 Å². The molecule has 1 N–H and O–H groups in total. The highest BCUT2D eigenvalue weighted by Gasteiger charge is 2.16. The fourth-order valence-corrected chi connectivity index (χ4v) is 4.32. The van der Waals surface area contributed by atoms with Crippen LogP contribution in [0.2, 0.25) is 0 Å². The molecule has 1 atom stereocenters. The number of aliphatic hydroxyl groups is 1. The number of hydrogen-bond donors (Lipinski definition) is 1. The molecule has 0 heterocycles. The molecule has 0 amide bonds. The minimum atomic E-state index is -0.790. The van der Waals surface area contributed by atoms with Crippen LogP contribution in [0.25, 0.3) is 0 Å². The van der Waals surface area contributed by atoms with E-state index in [2.05, 4.69) is 86.8 Å². The number of carbonyl (C=O) groups is 2. The monoisotopic (exact) mass is 612 g/mol. The topological polar surface area (TPSA) is 72.8 Å². The van der Waals surface area contributed by atoms with Crippen molar-refractivity contribution in [1.82, 2.24) is 0 Å². The zero-order valence-electron chi connectivity index (χ0n) is 28.1. The lowest BCUT2D eigenvalue weighted by molar-refractivity contribution is -0.161. The molecule has 0 aliphatic carbocycles. The third-order valence-corrected chi connectivity index (χ3v) is 6.98. The summed E-state index contributed by atoms with van der Waals surface area (Å²) < 4.78 is 10.5. The molecule has 0 rings (SSSR count). The van der Waals surface area contributed by atoms with E-state index in [0.29, 0.717) is 12.8 Å². The highest BCUT2D eigenvalue weighted by molar-refractivity contribution is 5.70. The standard InChI is InChI=1S/C39H64O5/c1-3-5-7-9-11-13-15-16-17-18-19-20-21-22-24-25-27-29-31-33-38(41)43-36-37(35-40)44-39(42)34-32-30-28-26-23-14-12-10-8-6-4-2/h5,7,10-13,16-17,19-20,22,24,37,40H,3-4,6,8-9,14-15,18,21,23,25-36H2,1-2H3. The summed E-state index contributed by atoms with van der Waals surface area (Å²) in [4.78, 5) is 24.1. The molecular formula is C39H64O5. The lowest BCUT2D eigenvalue weighted by atomic mass is 10.1. The molecule has 0 aliphatic heterocycles. The minimum absolute atomic E-state index is 0.0904. The van der Waals surface area contributed by atoms with Crippen LogP contribution in [-0.4, -0.2) is 36.4 Å². The predicted octanol–water partition coefficient (Wildman–Crippen LogP) is 10.6. The average molecular weight is 613 g/mol. The predicted molar refractivity (Wildman–Crippen MR) is 186 cm³/mol. The number of aliphatic hydroxyl groups excluding tert-OH is 1. The van der Waals surface area contributed by atoms with Crippen molar-refractivity contribution < 1.29 is 24.2 Å². The van der Waals surface area contributed by atoms with Crippen molar-refractivity contribution in [2.24, 2.45) is 0 Å². The van der Waals surface area contributed by atoms with E-state index in [-0.39, 0.29) is 25.2 Å². The zero-order chi connectivity index (χ0) is 32.2. The van der Waals surface area contributed by atoms with E-state index in [1.165, 1.54) is 32.1 Å². The van der Waals surface area contributed by atoms with Crippen molar-refractivity contribution in [2.75, 3.05) is 13.2 Å². The van der Waals surface area contributed by atoms with Crippen molar-refractivity contribution in [3.63, 3.8) is 0 Å². The van der Waals surface area contributed by atoms with E-state index < -0.39 is 6.10 Å². The van der Waals surface area contributed by atoms with Crippen molar-refractivity contribution in [2.45, 2.75) is 148 Å². The molecule has 0 aromatic rings. The molecule has 1 unspecified atom stereocenters. The van der Waals surface area contributed by atoms with Crippen LogP contribution in [0.15, 0.2) is 72.9 Å². The lowest BCUT2D eigenvalue weighted by Crippen LogP contribution is -2.28. The van der Waals surface area contributed by atoms with E-state index in [4.69, 9.17) is 9.47 Å². The molecule has 5 heteroatoms. The number of allylic oxidation sites excluding steroid dienone is 12. The van der Waals surface area contributed by atoms with E-state index in [9.17, 15) is 14.7 Å². The van der Waals surface area contributed by atoms with Gasteiger partial charge in [-0.1, -0.05) is 125 Å². The first-order valence-corrected chi connectivity index (χ1v) is 17.5. The van der Waals surface area contributed by atoms with E-state index in [1.54, 1.807) is 0 Å². The summed E-state index contributed by atoms with van der Waals surface area (Å²) in [6, 6.07) is 0. The van der Waals surface area contributed by atoms with Gasteiger partial charge in [0, 0.05) is 12.8 Å². The Bertz CT molecular complexity index is 833. The van der Waals surface area contributed by atoms with Crippen LogP contribution in [0.5, 0.6) is 0 Å². The van der Waals surface area contributed by atoms with E-state index >= 15 is 0 Å². The molecule has 0 aromatic carbocycles. The summed E-state index contributed by atoms with van der Waals surface area (Å²) in [7, 11) is 0. The van der Waals surface area contributed by atoms with E-state index in [1.807, 2.05) is 0 Å². The normalized spacial score (nSPS) is 13.1. The van der Waals surface area contributed by atoms with Crippen LogP contribution in [0.1, 0.15) is 142 Å². The fraction of sp³-hybridized carbons (Fsp3) is 0.641. The van der Waals surface area contributed by atoms with Crippen LogP contribution < -0.4 is 0 Å². The van der Waals surface area contributed by atoms with Gasteiger partial charge < -0.3 is 14.6 Å². The maximum atomic E-state index is 12.1. The summed E-state index contributed by atoms with van der Waals surface area (Å²) in [5.74, 6) is -0.649. The van der Waals surface area contributed by atoms with Gasteiger partial charge >= 0.3 is 11.9 Å². The Balaban J connectivity index is 3.70. The van der Waals surface area contributed by atoms with Crippen LogP contribution in [0.3, 0.4) is 0 Å². The average Bonchev–Trinajstić information content (AvgIpc) is 3.02. The van der Waals surface area contributed by atoms with Crippen molar-refractivity contribution >= 4 is 11.9 Å². The largest absolute Gasteiger partial charge is 0.462 e. The first kappa shape index (κ1) is 41.3. The van der Waals surface area contributed by atoms with Gasteiger partial charge in [-0.05, 0) is 77.0 Å². The Morgan fingerprint density at radius 3 is 1.52 bits per heavy atom. The molecular weight excluding hydrogens is 548 g/mol. The van der Waals surface area contributed by atoms with Gasteiger partial charge in [0.05, 0.1) is 6.61 Å². The first-order chi connectivity index (χ1) is 21.6. The third kappa shape index (κ3) is 32.3. The van der Waals surface area contributed by atoms with Gasteiger partial charge in [-0.25, -0.2) is 0 Å². The van der Waals surface area contributed by atoms with Crippen molar-refractivity contribution in [3.05, 3.63) is 72.9 Å². The second-order valence-corrected chi connectivity index (χ2v) is 11.2. The number of ether oxygens (including phenoxy) is 2. The van der Waals surface area contributed by atoms with Crippen molar-refractivity contribution in [3.8, 4) is 0 Å². The summed E-state index contributed by atoms with van der Waals surface area (Å²) in [6.45, 7) is 3.92. The maximum Gasteiger partial charge on any atom is 0.306 e. The lowest BCUT2D eigenvalue weighted by Gasteiger charge is -2.15. The molecule has 0 radical (unpaired) electrons. The Hall–Kier alpha value is -2.66. The fourth-order valence-electron chi connectivity index (χ4n) is 4.32. The number of rotatable bonds is 30. The summed E-state index contributed by atoms with van der Waals surface area (Å²) in [6.07, 6.45) is 45.3. The Kier molecular flexibility index (Phi) is 32.7. The van der Waals surface area contributed by atoms with Crippen LogP contribution in [-0.2, 0) is 19.1 Å². The third-order valence-electron chi connectivity index (χ3n) is 6.98. The Morgan fingerprint density at radius 1 is 0.545 bits per heavy atom. The van der Waals surface area contributed by atoms with Gasteiger partial charge in [-0.15, -0.1) is 0 Å². The van der Waals surface area contributed by atoms with Gasteiger partial charge in [0.1, 0.15) is 6.61 Å². The molecule has 0 spiro atoms. The SMILES string of the molecule is CCC=CCC=CCC=CCC=CCC=CCCCCCC(=O)OCC(CO)OC(=O)CCCCCCCC=CCCCC. The van der Waals surface area contributed by atoms with Gasteiger partial charge in [-0.2, -0.15) is 0 Å². The zero-order valence-corrected chi connectivity index (χ0v) is 28.1. The molecule has 0 bridgehead atoms. The van der Waals surface area contributed by atoms with Gasteiger partial charge in [0.25, 0.3) is 0 Å². The number of hydrogen-bond acceptors (Lipinski definition) is 5. The van der Waals surface area contributed by atoms with Gasteiger partial charge in [-0.3, -0.25) is 9.59 Å². The number of esters is 2. The maximum absolute atomic E-state index is 12.1. The van der Waals surface area contributed by atoms with Crippen molar-refractivity contribution in [1.29, 1.82) is 0 Å². The molecule has 0 saturated heterocycles. The van der Waals surface area contributed by atoms with Gasteiger partial charge in [0.2, 0.25) is 0 Å². The van der Waals surface area contributed by atoms with E-state index in [0.717, 1.165) is 83.5 Å². The summed E-state index contributed by atoms with van der Waals surface area (Å²) >= 11 is 0. The quantitative estimate of drug-likeness (QED) is 0.0496. The Labute approximate surface area is 270 Å². The van der Waals surface area contributed by atoms with Crippen LogP contribution in [0, 0.1) is 0 Å². The summed E-state index contributed by atoms with van der Waals surface area (Å²) in [5, 5.41) is 9.50. The van der Waals surface area contributed by atoms with Crippen LogP contribution >= 0.6 is 0 Å². The second-order valence-electron chi connectivity index (χ2n) is 11.2.